The summed E-state index contributed by atoms with van der Waals surface area (Å²) in [4.78, 5) is 12.8. The zero-order chi connectivity index (χ0) is 24.1. The molecule has 1 aromatic carbocycles. The van der Waals surface area contributed by atoms with E-state index < -0.39 is 0 Å². The number of hydrogen-bond acceptors (Lipinski definition) is 4. The first kappa shape index (κ1) is 32.8. The smallest absolute Gasteiger partial charge is 0.161 e. The van der Waals surface area contributed by atoms with E-state index in [9.17, 15) is 0 Å². The zero-order valence-corrected chi connectivity index (χ0v) is 21.9. The molecule has 0 spiro atoms. The first-order valence-electron chi connectivity index (χ1n) is 12.6. The number of amidine groups is 1. The van der Waals surface area contributed by atoms with Crippen LogP contribution in [0.25, 0.3) is 0 Å². The lowest BCUT2D eigenvalue weighted by atomic mass is 10.0. The molecule has 32 heavy (non-hydrogen) atoms. The molecule has 0 aliphatic rings. The molecule has 1 aromatic rings. The van der Waals surface area contributed by atoms with Crippen LogP contribution >= 0.6 is 11.8 Å². The number of para-hydroxylation sites is 1. The summed E-state index contributed by atoms with van der Waals surface area (Å²) >= 11 is 1.80. The summed E-state index contributed by atoms with van der Waals surface area (Å²) in [5.41, 5.74) is 1.13. The molecule has 0 saturated heterocycles. The molecule has 186 valence electrons. The lowest BCUT2D eigenvalue weighted by Crippen LogP contribution is -2.09. The van der Waals surface area contributed by atoms with Gasteiger partial charge in [0.25, 0.3) is 0 Å². The fourth-order valence-corrected chi connectivity index (χ4v) is 4.04. The highest BCUT2D eigenvalue weighted by atomic mass is 32.2. The molecule has 0 radical (unpaired) electrons. The van der Waals surface area contributed by atoms with E-state index >= 15 is 0 Å². The van der Waals surface area contributed by atoms with Crippen molar-refractivity contribution in [2.45, 2.75) is 104 Å². The SMILES string of the molecule is C=O.CCCCCCCCCCCCCCCCN=C(Nc1ccccc1)SCC.CO. The van der Waals surface area contributed by atoms with Gasteiger partial charge >= 0.3 is 0 Å². The van der Waals surface area contributed by atoms with E-state index in [2.05, 4.69) is 43.4 Å². The number of anilines is 1. The molecule has 0 heterocycles. The van der Waals surface area contributed by atoms with Gasteiger partial charge in [-0.2, -0.15) is 0 Å². The fourth-order valence-electron chi connectivity index (χ4n) is 3.39. The molecule has 0 bridgehead atoms. The van der Waals surface area contributed by atoms with Gasteiger partial charge in [0.1, 0.15) is 6.79 Å². The molecule has 0 aliphatic heterocycles. The summed E-state index contributed by atoms with van der Waals surface area (Å²) in [5.74, 6) is 1.05. The number of nitrogens with zero attached hydrogens (tertiary/aromatic N) is 1. The molecule has 0 amide bonds. The summed E-state index contributed by atoms with van der Waals surface area (Å²) < 4.78 is 0. The van der Waals surface area contributed by atoms with Gasteiger partial charge in [-0.3, -0.25) is 4.99 Å². The van der Waals surface area contributed by atoms with E-state index in [0.717, 1.165) is 30.3 Å². The average molecular weight is 467 g/mol. The maximum Gasteiger partial charge on any atom is 0.161 e. The molecule has 0 saturated carbocycles. The van der Waals surface area contributed by atoms with Gasteiger partial charge in [-0.05, 0) is 24.3 Å². The summed E-state index contributed by atoms with van der Waals surface area (Å²) in [6.45, 7) is 7.42. The summed E-state index contributed by atoms with van der Waals surface area (Å²) in [6, 6.07) is 10.4. The number of aliphatic hydroxyl groups is 1. The van der Waals surface area contributed by atoms with E-state index in [1.54, 1.807) is 11.8 Å². The molecule has 0 atom stereocenters. The zero-order valence-electron chi connectivity index (χ0n) is 21.1. The van der Waals surface area contributed by atoms with Crippen LogP contribution in [0.1, 0.15) is 104 Å². The van der Waals surface area contributed by atoms with Gasteiger partial charge in [0.05, 0.1) is 0 Å². The van der Waals surface area contributed by atoms with Crippen LogP contribution in [0.15, 0.2) is 35.3 Å². The normalized spacial score (nSPS) is 10.6. The van der Waals surface area contributed by atoms with Crippen LogP contribution < -0.4 is 5.32 Å². The first-order chi connectivity index (χ1) is 15.9. The number of hydrogen-bond donors (Lipinski definition) is 2. The Morgan fingerprint density at radius 1 is 0.781 bits per heavy atom. The average Bonchev–Trinajstić information content (AvgIpc) is 2.85. The fraction of sp³-hybridized carbons (Fsp3) is 0.704. The van der Waals surface area contributed by atoms with Crippen LogP contribution in [0.4, 0.5) is 5.69 Å². The van der Waals surface area contributed by atoms with Crippen molar-refractivity contribution in [3.8, 4) is 0 Å². The van der Waals surface area contributed by atoms with Gasteiger partial charge in [0.2, 0.25) is 0 Å². The van der Waals surface area contributed by atoms with Gasteiger partial charge in [-0.25, -0.2) is 0 Å². The number of rotatable bonds is 17. The predicted octanol–water partition coefficient (Wildman–Crippen LogP) is 8.11. The summed E-state index contributed by atoms with van der Waals surface area (Å²) in [6.07, 6.45) is 19.6. The van der Waals surface area contributed by atoms with E-state index in [4.69, 9.17) is 14.9 Å². The molecule has 0 aliphatic carbocycles. The van der Waals surface area contributed by atoms with Crippen molar-refractivity contribution >= 4 is 29.4 Å². The number of carbonyl (C=O) groups is 1. The van der Waals surface area contributed by atoms with Gasteiger partial charge in [0.15, 0.2) is 5.17 Å². The van der Waals surface area contributed by atoms with Crippen LogP contribution in [-0.4, -0.2) is 36.5 Å². The number of nitrogens with one attached hydrogen (secondary N) is 1. The lowest BCUT2D eigenvalue weighted by Gasteiger charge is -2.08. The molecular weight excluding hydrogens is 416 g/mol. The second kappa shape index (κ2) is 29.7. The van der Waals surface area contributed by atoms with Crippen LogP contribution in [0.2, 0.25) is 0 Å². The Morgan fingerprint density at radius 3 is 1.66 bits per heavy atom. The van der Waals surface area contributed by atoms with Crippen LogP contribution in [0, 0.1) is 0 Å². The number of thioether (sulfide) groups is 1. The number of unbranched alkanes of at least 4 members (excludes halogenated alkanes) is 13. The van der Waals surface area contributed by atoms with Crippen molar-refractivity contribution in [1.29, 1.82) is 0 Å². The van der Waals surface area contributed by atoms with E-state index in [0.29, 0.717) is 0 Å². The standard InChI is InChI=1S/C25H44N2S.CH4O.CH2O/c1-3-5-6-7-8-9-10-11-12-13-14-15-16-20-23-26-25(28-4-2)27-24-21-18-17-19-22-24;2*1-2/h17-19,21-22H,3-16,20,23H2,1-2H3,(H,26,27);2H,1H3;1H2. The molecular formula is C27H50N2O2S. The third kappa shape index (κ3) is 23.3. The maximum atomic E-state index is 8.00. The van der Waals surface area contributed by atoms with Gasteiger partial charge < -0.3 is 15.2 Å². The topological polar surface area (TPSA) is 61.7 Å². The summed E-state index contributed by atoms with van der Waals surface area (Å²) in [5, 5.41) is 11.5. The van der Waals surface area contributed by atoms with Crippen molar-refractivity contribution in [3.63, 3.8) is 0 Å². The first-order valence-corrected chi connectivity index (χ1v) is 13.6. The molecule has 5 heteroatoms. The molecule has 0 unspecified atom stereocenters. The number of benzene rings is 1. The second-order valence-electron chi connectivity index (χ2n) is 7.71. The molecule has 2 N–H and O–H groups in total. The third-order valence-corrected chi connectivity index (χ3v) is 5.87. The minimum atomic E-state index is 0.945. The van der Waals surface area contributed by atoms with Gasteiger partial charge in [0, 0.05) is 19.3 Å². The van der Waals surface area contributed by atoms with E-state index in [1.165, 1.54) is 89.9 Å². The highest BCUT2D eigenvalue weighted by molar-refractivity contribution is 8.14. The minimum Gasteiger partial charge on any atom is -0.400 e. The molecule has 0 aromatic heterocycles. The van der Waals surface area contributed by atoms with Gasteiger partial charge in [-0.15, -0.1) is 0 Å². The van der Waals surface area contributed by atoms with Crippen molar-refractivity contribution in [2.24, 2.45) is 4.99 Å². The Morgan fingerprint density at radius 2 is 1.22 bits per heavy atom. The highest BCUT2D eigenvalue weighted by Gasteiger charge is 1.99. The Hall–Kier alpha value is -1.33. The Balaban J connectivity index is 0. The van der Waals surface area contributed by atoms with Crippen molar-refractivity contribution < 1.29 is 9.90 Å². The van der Waals surface area contributed by atoms with Crippen molar-refractivity contribution in [1.82, 2.24) is 0 Å². The second-order valence-corrected chi connectivity index (χ2v) is 8.96. The minimum absolute atomic E-state index is 0.945. The van der Waals surface area contributed by atoms with E-state index in [1.807, 2.05) is 12.9 Å². The largest absolute Gasteiger partial charge is 0.400 e. The third-order valence-electron chi connectivity index (χ3n) is 5.07. The van der Waals surface area contributed by atoms with Crippen LogP contribution in [-0.2, 0) is 4.79 Å². The number of aliphatic imine (C=N–C) groups is 1. The van der Waals surface area contributed by atoms with Gasteiger partial charge in [-0.1, -0.05) is 127 Å². The van der Waals surface area contributed by atoms with Crippen LogP contribution in [0.3, 0.4) is 0 Å². The predicted molar refractivity (Wildman–Crippen MR) is 146 cm³/mol. The van der Waals surface area contributed by atoms with Crippen LogP contribution in [0.5, 0.6) is 0 Å². The lowest BCUT2D eigenvalue weighted by molar-refractivity contribution is -0.0979. The van der Waals surface area contributed by atoms with E-state index in [-0.39, 0.29) is 0 Å². The Bertz CT molecular complexity index is 498. The molecule has 1 rings (SSSR count). The Kier molecular flexibility index (Phi) is 30.5. The monoisotopic (exact) mass is 466 g/mol. The van der Waals surface area contributed by atoms with Crippen molar-refractivity contribution in [2.75, 3.05) is 24.7 Å². The number of carbonyl (C=O) groups excluding carboxylic acids is 1. The molecule has 0 fully saturated rings. The maximum absolute atomic E-state index is 8.00. The quantitative estimate of drug-likeness (QED) is 0.138. The summed E-state index contributed by atoms with van der Waals surface area (Å²) in [7, 11) is 1.00. The number of aliphatic hydroxyl groups excluding tert-OH is 1. The Labute approximate surface area is 203 Å². The molecule has 4 nitrogen and oxygen atoms in total. The van der Waals surface area contributed by atoms with Crippen molar-refractivity contribution in [3.05, 3.63) is 30.3 Å². The highest BCUT2D eigenvalue weighted by Crippen LogP contribution is 2.14.